The molecular formula is C10H13BrClNO4S2. The molecule has 0 spiro atoms. The van der Waals surface area contributed by atoms with Crippen molar-refractivity contribution in [1.29, 1.82) is 0 Å². The fourth-order valence-corrected chi connectivity index (χ4v) is 4.14. The molecule has 0 fully saturated rings. The first-order valence-corrected chi connectivity index (χ1v) is 9.80. The first kappa shape index (κ1) is 16.9. The van der Waals surface area contributed by atoms with Crippen molar-refractivity contribution in [2.24, 2.45) is 0 Å². The van der Waals surface area contributed by atoms with Crippen molar-refractivity contribution >= 4 is 47.4 Å². The predicted octanol–water partition coefficient (Wildman–Crippen LogP) is 1.82. The van der Waals surface area contributed by atoms with Crippen LogP contribution < -0.4 is 4.72 Å². The van der Waals surface area contributed by atoms with E-state index in [2.05, 4.69) is 20.7 Å². The van der Waals surface area contributed by atoms with E-state index < -0.39 is 19.9 Å². The van der Waals surface area contributed by atoms with Gasteiger partial charge in [0, 0.05) is 16.8 Å². The predicted molar refractivity (Wildman–Crippen MR) is 78.7 cm³/mol. The van der Waals surface area contributed by atoms with Gasteiger partial charge in [0.05, 0.1) is 10.8 Å². The molecule has 1 N–H and O–H groups in total. The van der Waals surface area contributed by atoms with Gasteiger partial charge >= 0.3 is 0 Å². The summed E-state index contributed by atoms with van der Waals surface area (Å²) in [5.41, 5.74) is 0. The van der Waals surface area contributed by atoms with Gasteiger partial charge in [-0.05, 0) is 18.2 Å². The molecule has 9 heteroatoms. The largest absolute Gasteiger partial charge is 0.242 e. The van der Waals surface area contributed by atoms with Gasteiger partial charge in [0.15, 0.2) is 9.84 Å². The van der Waals surface area contributed by atoms with E-state index in [1.165, 1.54) is 19.1 Å². The SMILES string of the molecule is CCS(=O)(=O)CCNS(=O)(=O)c1ccc(Br)cc1Cl. The maximum Gasteiger partial charge on any atom is 0.242 e. The summed E-state index contributed by atoms with van der Waals surface area (Å²) in [6.07, 6.45) is 0. The highest BCUT2D eigenvalue weighted by Crippen LogP contribution is 2.24. The summed E-state index contributed by atoms with van der Waals surface area (Å²) in [5.74, 6) is -0.259. The van der Waals surface area contributed by atoms with Gasteiger partial charge in [-0.15, -0.1) is 0 Å². The Morgan fingerprint density at radius 2 is 1.89 bits per heavy atom. The third kappa shape index (κ3) is 5.03. The molecule has 1 aromatic carbocycles. The summed E-state index contributed by atoms with van der Waals surface area (Å²) in [6.45, 7) is 1.33. The van der Waals surface area contributed by atoms with Gasteiger partial charge in [-0.25, -0.2) is 21.6 Å². The molecule has 19 heavy (non-hydrogen) atoms. The summed E-state index contributed by atoms with van der Waals surface area (Å²) < 4.78 is 49.3. The number of nitrogens with one attached hydrogen (secondary N) is 1. The van der Waals surface area contributed by atoms with Crippen molar-refractivity contribution in [3.8, 4) is 0 Å². The summed E-state index contributed by atoms with van der Waals surface area (Å²) in [6, 6.07) is 4.35. The van der Waals surface area contributed by atoms with Crippen molar-refractivity contribution in [1.82, 2.24) is 4.72 Å². The summed E-state index contributed by atoms with van der Waals surface area (Å²) in [5, 5.41) is 0.0697. The lowest BCUT2D eigenvalue weighted by Crippen LogP contribution is -2.29. The Balaban J connectivity index is 2.82. The van der Waals surface area contributed by atoms with Crippen LogP contribution >= 0.6 is 27.5 Å². The minimum absolute atomic E-state index is 0.0201. The van der Waals surface area contributed by atoms with Crippen LogP contribution in [0.25, 0.3) is 0 Å². The van der Waals surface area contributed by atoms with Crippen LogP contribution in [0.1, 0.15) is 6.92 Å². The van der Waals surface area contributed by atoms with E-state index in [0.29, 0.717) is 4.47 Å². The maximum absolute atomic E-state index is 11.9. The smallest absolute Gasteiger partial charge is 0.229 e. The number of sulfone groups is 1. The standard InChI is InChI=1S/C10H13BrClNO4S2/c1-2-18(14,15)6-5-13-19(16,17)10-4-3-8(11)7-9(10)12/h3-4,7,13H,2,5-6H2,1H3. The minimum atomic E-state index is -3.81. The fourth-order valence-electron chi connectivity index (χ4n) is 1.25. The Morgan fingerprint density at radius 3 is 2.42 bits per heavy atom. The molecule has 0 unspecified atom stereocenters. The van der Waals surface area contributed by atoms with Crippen molar-refractivity contribution in [2.75, 3.05) is 18.1 Å². The average molecular weight is 391 g/mol. The Kier molecular flexibility index (Phi) is 5.81. The van der Waals surface area contributed by atoms with Crippen LogP contribution in [0.4, 0.5) is 0 Å². The number of halogens is 2. The van der Waals surface area contributed by atoms with E-state index in [1.54, 1.807) is 6.07 Å². The van der Waals surface area contributed by atoms with E-state index in [9.17, 15) is 16.8 Å². The molecule has 5 nitrogen and oxygen atoms in total. The Hall–Kier alpha value is -0.150. The van der Waals surface area contributed by atoms with Crippen molar-refractivity contribution in [3.05, 3.63) is 27.7 Å². The van der Waals surface area contributed by atoms with Crippen LogP contribution in [-0.2, 0) is 19.9 Å². The summed E-state index contributed by atoms with van der Waals surface area (Å²) in [4.78, 5) is -0.0775. The molecule has 0 bridgehead atoms. The van der Waals surface area contributed by atoms with Crippen molar-refractivity contribution < 1.29 is 16.8 Å². The molecule has 0 aliphatic heterocycles. The van der Waals surface area contributed by atoms with Gasteiger partial charge < -0.3 is 0 Å². The summed E-state index contributed by atoms with van der Waals surface area (Å²) >= 11 is 9.01. The monoisotopic (exact) mass is 389 g/mol. The second-order valence-electron chi connectivity index (χ2n) is 3.71. The molecule has 0 saturated heterocycles. The molecule has 0 aliphatic carbocycles. The Labute approximate surface area is 126 Å². The minimum Gasteiger partial charge on any atom is -0.229 e. The lowest BCUT2D eigenvalue weighted by molar-refractivity contribution is 0.581. The molecule has 1 aromatic rings. The molecule has 0 amide bonds. The van der Waals surface area contributed by atoms with E-state index in [-0.39, 0.29) is 28.0 Å². The third-order valence-corrected chi connectivity index (χ3v) is 6.47. The van der Waals surface area contributed by atoms with Gasteiger partial charge in [0.1, 0.15) is 4.90 Å². The second kappa shape index (κ2) is 6.53. The number of hydrogen-bond donors (Lipinski definition) is 1. The lowest BCUT2D eigenvalue weighted by Gasteiger charge is -2.08. The average Bonchev–Trinajstić information content (AvgIpc) is 2.27. The van der Waals surface area contributed by atoms with Gasteiger partial charge in [0.2, 0.25) is 10.0 Å². The highest BCUT2D eigenvalue weighted by atomic mass is 79.9. The van der Waals surface area contributed by atoms with Crippen LogP contribution in [0.5, 0.6) is 0 Å². The normalized spacial score (nSPS) is 12.6. The molecular weight excluding hydrogens is 378 g/mol. The van der Waals surface area contributed by atoms with E-state index in [1.807, 2.05) is 0 Å². The summed E-state index contributed by atoms with van der Waals surface area (Å²) in [7, 11) is -7.01. The van der Waals surface area contributed by atoms with Gasteiger partial charge in [-0.3, -0.25) is 0 Å². The van der Waals surface area contributed by atoms with E-state index in [0.717, 1.165) is 0 Å². The van der Waals surface area contributed by atoms with Crippen LogP contribution in [0, 0.1) is 0 Å². The van der Waals surface area contributed by atoms with Gasteiger partial charge in [-0.2, -0.15) is 0 Å². The molecule has 108 valence electrons. The van der Waals surface area contributed by atoms with Crippen LogP contribution in [0.15, 0.2) is 27.6 Å². The Morgan fingerprint density at radius 1 is 1.26 bits per heavy atom. The van der Waals surface area contributed by atoms with Gasteiger partial charge in [-0.1, -0.05) is 34.5 Å². The quantitative estimate of drug-likeness (QED) is 0.803. The highest BCUT2D eigenvalue weighted by Gasteiger charge is 2.18. The molecule has 0 aromatic heterocycles. The molecule has 0 heterocycles. The zero-order valence-electron chi connectivity index (χ0n) is 10.1. The molecule has 1 rings (SSSR count). The number of sulfonamides is 1. The zero-order valence-corrected chi connectivity index (χ0v) is 14.0. The third-order valence-electron chi connectivity index (χ3n) is 2.33. The molecule has 0 atom stereocenters. The molecule has 0 radical (unpaired) electrons. The zero-order chi connectivity index (χ0) is 14.7. The van der Waals surface area contributed by atoms with E-state index in [4.69, 9.17) is 11.6 Å². The number of hydrogen-bond acceptors (Lipinski definition) is 4. The van der Waals surface area contributed by atoms with Crippen molar-refractivity contribution in [3.63, 3.8) is 0 Å². The van der Waals surface area contributed by atoms with E-state index >= 15 is 0 Å². The number of rotatable bonds is 6. The van der Waals surface area contributed by atoms with Crippen molar-refractivity contribution in [2.45, 2.75) is 11.8 Å². The van der Waals surface area contributed by atoms with Crippen LogP contribution in [0.2, 0.25) is 5.02 Å². The van der Waals surface area contributed by atoms with Crippen LogP contribution in [0.3, 0.4) is 0 Å². The van der Waals surface area contributed by atoms with Gasteiger partial charge in [0.25, 0.3) is 0 Å². The van der Waals surface area contributed by atoms with Crippen LogP contribution in [-0.4, -0.2) is 34.9 Å². The topological polar surface area (TPSA) is 80.3 Å². The maximum atomic E-state index is 11.9. The first-order valence-electron chi connectivity index (χ1n) is 5.33. The highest BCUT2D eigenvalue weighted by molar-refractivity contribution is 9.10. The molecule has 0 aliphatic rings. The lowest BCUT2D eigenvalue weighted by atomic mass is 10.4. The first-order chi connectivity index (χ1) is 8.68. The number of benzene rings is 1. The molecule has 0 saturated carbocycles. The second-order valence-corrected chi connectivity index (χ2v) is 9.24. The Bertz CT molecular complexity index is 658. The fraction of sp³-hybridized carbons (Fsp3) is 0.400.